The Hall–Kier alpha value is -1.49. The Kier molecular flexibility index (Phi) is 1.94. The van der Waals surface area contributed by atoms with Gasteiger partial charge in [-0.15, -0.1) is 0 Å². The number of ether oxygens (including phenoxy) is 1. The van der Waals surface area contributed by atoms with Crippen molar-refractivity contribution in [3.8, 4) is 11.8 Å². The van der Waals surface area contributed by atoms with Gasteiger partial charge in [-0.05, 0) is 36.5 Å². The molecule has 0 aromatic heterocycles. The van der Waals surface area contributed by atoms with Crippen molar-refractivity contribution in [2.45, 2.75) is 18.8 Å². The second kappa shape index (κ2) is 3.10. The highest BCUT2D eigenvalue weighted by Gasteiger charge is 2.26. The van der Waals surface area contributed by atoms with Crippen LogP contribution in [0.5, 0.6) is 5.75 Å². The Balaban J connectivity index is 2.40. The molecule has 1 fully saturated rings. The lowest BCUT2D eigenvalue weighted by Crippen LogP contribution is -1.90. The fourth-order valence-corrected chi connectivity index (χ4v) is 1.51. The van der Waals surface area contributed by atoms with Crippen LogP contribution in [0, 0.1) is 11.3 Å². The van der Waals surface area contributed by atoms with Crippen LogP contribution in [0.3, 0.4) is 0 Å². The lowest BCUT2D eigenvalue weighted by Gasteiger charge is -2.06. The van der Waals surface area contributed by atoms with E-state index in [2.05, 4.69) is 6.07 Å². The van der Waals surface area contributed by atoms with Crippen molar-refractivity contribution in [3.63, 3.8) is 0 Å². The molecule has 0 saturated heterocycles. The van der Waals surface area contributed by atoms with Crippen molar-refractivity contribution in [1.29, 1.82) is 5.26 Å². The third-order valence-electron chi connectivity index (χ3n) is 2.38. The SMILES string of the molecule is COc1cc(C#N)ccc1C1CC1. The summed E-state index contributed by atoms with van der Waals surface area (Å²) in [6.45, 7) is 0. The molecule has 0 radical (unpaired) electrons. The molecule has 1 saturated carbocycles. The molecule has 66 valence electrons. The average Bonchev–Trinajstić information content (AvgIpc) is 3.00. The summed E-state index contributed by atoms with van der Waals surface area (Å²) in [5, 5.41) is 8.70. The van der Waals surface area contributed by atoms with E-state index in [0.717, 1.165) is 5.75 Å². The Bertz CT molecular complexity index is 361. The molecular formula is C11H11NO. The van der Waals surface area contributed by atoms with Crippen LogP contribution in [0.2, 0.25) is 0 Å². The van der Waals surface area contributed by atoms with E-state index in [-0.39, 0.29) is 0 Å². The number of hydrogen-bond acceptors (Lipinski definition) is 2. The van der Waals surface area contributed by atoms with E-state index in [1.807, 2.05) is 18.2 Å². The van der Waals surface area contributed by atoms with E-state index < -0.39 is 0 Å². The van der Waals surface area contributed by atoms with Gasteiger partial charge in [0.05, 0.1) is 18.7 Å². The highest BCUT2D eigenvalue weighted by atomic mass is 16.5. The van der Waals surface area contributed by atoms with Crippen molar-refractivity contribution in [1.82, 2.24) is 0 Å². The van der Waals surface area contributed by atoms with Gasteiger partial charge in [-0.25, -0.2) is 0 Å². The summed E-state index contributed by atoms with van der Waals surface area (Å²) >= 11 is 0. The maximum absolute atomic E-state index is 8.70. The van der Waals surface area contributed by atoms with Crippen LogP contribution in [0.4, 0.5) is 0 Å². The number of rotatable bonds is 2. The highest BCUT2D eigenvalue weighted by Crippen LogP contribution is 2.44. The van der Waals surface area contributed by atoms with Crippen molar-refractivity contribution >= 4 is 0 Å². The first-order valence-corrected chi connectivity index (χ1v) is 4.43. The minimum atomic E-state index is 0.668. The normalized spacial score (nSPS) is 15.1. The molecule has 2 rings (SSSR count). The molecule has 2 heteroatoms. The summed E-state index contributed by atoms with van der Waals surface area (Å²) in [4.78, 5) is 0. The van der Waals surface area contributed by atoms with Gasteiger partial charge in [-0.2, -0.15) is 5.26 Å². The Morgan fingerprint density at radius 3 is 2.77 bits per heavy atom. The number of nitrogens with zero attached hydrogens (tertiary/aromatic N) is 1. The van der Waals surface area contributed by atoms with Crippen LogP contribution in [0.1, 0.15) is 29.9 Å². The topological polar surface area (TPSA) is 33.0 Å². The van der Waals surface area contributed by atoms with Gasteiger partial charge >= 0.3 is 0 Å². The van der Waals surface area contributed by atoms with Crippen LogP contribution in [-0.4, -0.2) is 7.11 Å². The summed E-state index contributed by atoms with van der Waals surface area (Å²) in [5.74, 6) is 1.53. The Morgan fingerprint density at radius 2 is 2.23 bits per heavy atom. The maximum Gasteiger partial charge on any atom is 0.123 e. The summed E-state index contributed by atoms with van der Waals surface area (Å²) in [6.07, 6.45) is 2.50. The first-order valence-electron chi connectivity index (χ1n) is 4.43. The second-order valence-corrected chi connectivity index (χ2v) is 3.34. The molecule has 0 bridgehead atoms. The molecule has 0 aliphatic heterocycles. The van der Waals surface area contributed by atoms with E-state index in [1.165, 1.54) is 18.4 Å². The summed E-state index contributed by atoms with van der Waals surface area (Å²) in [6, 6.07) is 7.79. The van der Waals surface area contributed by atoms with Gasteiger partial charge in [-0.3, -0.25) is 0 Å². The van der Waals surface area contributed by atoms with Crippen LogP contribution < -0.4 is 4.74 Å². The van der Waals surface area contributed by atoms with Gasteiger partial charge in [0, 0.05) is 0 Å². The predicted octanol–water partition coefficient (Wildman–Crippen LogP) is 2.44. The smallest absolute Gasteiger partial charge is 0.123 e. The molecule has 0 spiro atoms. The predicted molar refractivity (Wildman–Crippen MR) is 49.7 cm³/mol. The molecule has 1 aromatic carbocycles. The van der Waals surface area contributed by atoms with Crippen LogP contribution in [0.15, 0.2) is 18.2 Å². The number of benzene rings is 1. The largest absolute Gasteiger partial charge is 0.496 e. The Labute approximate surface area is 77.8 Å². The summed E-state index contributed by atoms with van der Waals surface area (Å²) in [7, 11) is 1.66. The average molecular weight is 173 g/mol. The molecule has 0 unspecified atom stereocenters. The zero-order chi connectivity index (χ0) is 9.26. The third-order valence-corrected chi connectivity index (χ3v) is 2.38. The van der Waals surface area contributed by atoms with Gasteiger partial charge < -0.3 is 4.74 Å². The van der Waals surface area contributed by atoms with Crippen molar-refractivity contribution in [3.05, 3.63) is 29.3 Å². The fraction of sp³-hybridized carbons (Fsp3) is 0.364. The van der Waals surface area contributed by atoms with Gasteiger partial charge in [-0.1, -0.05) is 6.07 Å². The molecule has 1 aromatic rings. The van der Waals surface area contributed by atoms with E-state index >= 15 is 0 Å². The zero-order valence-corrected chi connectivity index (χ0v) is 7.58. The summed E-state index contributed by atoms with van der Waals surface area (Å²) < 4.78 is 5.24. The maximum atomic E-state index is 8.70. The van der Waals surface area contributed by atoms with Crippen LogP contribution in [0.25, 0.3) is 0 Å². The molecule has 1 aliphatic carbocycles. The monoisotopic (exact) mass is 173 g/mol. The highest BCUT2D eigenvalue weighted by molar-refractivity contribution is 5.45. The molecule has 0 amide bonds. The van der Waals surface area contributed by atoms with Gasteiger partial charge in [0.1, 0.15) is 5.75 Å². The first kappa shape index (κ1) is 8.12. The van der Waals surface area contributed by atoms with Crippen LogP contribution >= 0.6 is 0 Å². The van der Waals surface area contributed by atoms with Gasteiger partial charge in [0.25, 0.3) is 0 Å². The van der Waals surface area contributed by atoms with E-state index in [4.69, 9.17) is 10.00 Å². The molecule has 0 atom stereocenters. The molecule has 0 N–H and O–H groups in total. The van der Waals surface area contributed by atoms with Gasteiger partial charge in [0.15, 0.2) is 0 Å². The van der Waals surface area contributed by atoms with E-state index in [1.54, 1.807) is 7.11 Å². The first-order chi connectivity index (χ1) is 6.35. The van der Waals surface area contributed by atoms with Crippen molar-refractivity contribution < 1.29 is 4.74 Å². The minimum Gasteiger partial charge on any atom is -0.496 e. The molecule has 2 nitrogen and oxygen atoms in total. The minimum absolute atomic E-state index is 0.668. The van der Waals surface area contributed by atoms with Crippen molar-refractivity contribution in [2.75, 3.05) is 7.11 Å². The Morgan fingerprint density at radius 1 is 1.46 bits per heavy atom. The molecule has 13 heavy (non-hydrogen) atoms. The van der Waals surface area contributed by atoms with Crippen LogP contribution in [-0.2, 0) is 0 Å². The molecule has 1 aliphatic rings. The zero-order valence-electron chi connectivity index (χ0n) is 7.58. The fourth-order valence-electron chi connectivity index (χ4n) is 1.51. The standard InChI is InChI=1S/C11H11NO/c1-13-11-6-8(7-12)2-5-10(11)9-3-4-9/h2,5-6,9H,3-4H2,1H3. The third kappa shape index (κ3) is 1.50. The second-order valence-electron chi connectivity index (χ2n) is 3.34. The lowest BCUT2D eigenvalue weighted by atomic mass is 10.1. The van der Waals surface area contributed by atoms with Crippen molar-refractivity contribution in [2.24, 2.45) is 0 Å². The number of methoxy groups -OCH3 is 1. The molecular weight excluding hydrogens is 162 g/mol. The van der Waals surface area contributed by atoms with E-state index in [9.17, 15) is 0 Å². The summed E-state index contributed by atoms with van der Waals surface area (Å²) in [5.41, 5.74) is 1.92. The van der Waals surface area contributed by atoms with Gasteiger partial charge in [0.2, 0.25) is 0 Å². The number of hydrogen-bond donors (Lipinski definition) is 0. The lowest BCUT2D eigenvalue weighted by molar-refractivity contribution is 0.409. The van der Waals surface area contributed by atoms with E-state index in [0.29, 0.717) is 11.5 Å². The molecule has 0 heterocycles. The number of nitriles is 1. The quantitative estimate of drug-likeness (QED) is 0.688.